The lowest BCUT2D eigenvalue weighted by atomic mass is 9.42. The normalized spacial score (nSPS) is 49.8. The lowest BCUT2D eigenvalue weighted by Crippen LogP contribution is -2.69. The molecule has 14 heteroatoms. The van der Waals surface area contributed by atoms with Gasteiger partial charge in [0.05, 0.1) is 37.1 Å². The summed E-state index contributed by atoms with van der Waals surface area (Å²) in [4.78, 5) is 0. The Morgan fingerprint density at radius 1 is 0.917 bits per heavy atom. The molecule has 280 valence electrons. The largest absolute Gasteiger partial charge is 0.397 e. The van der Waals surface area contributed by atoms with Crippen LogP contribution in [0.15, 0.2) is 0 Å². The van der Waals surface area contributed by atoms with E-state index in [0.29, 0.717) is 38.5 Å². The summed E-state index contributed by atoms with van der Waals surface area (Å²) >= 11 is 0. The van der Waals surface area contributed by atoms with Gasteiger partial charge in [-0.15, -0.1) is 0 Å². The van der Waals surface area contributed by atoms with Crippen molar-refractivity contribution < 1.29 is 62.4 Å². The van der Waals surface area contributed by atoms with Crippen molar-refractivity contribution in [1.29, 1.82) is 0 Å². The van der Waals surface area contributed by atoms with E-state index in [4.69, 9.17) is 13.7 Å². The third kappa shape index (κ3) is 6.88. The quantitative estimate of drug-likeness (QED) is 0.142. The Hall–Kier alpha value is -0.490. The third-order valence-electron chi connectivity index (χ3n) is 13.9. The maximum Gasteiger partial charge on any atom is 0.397 e. The zero-order valence-electron chi connectivity index (χ0n) is 29.0. The van der Waals surface area contributed by atoms with Gasteiger partial charge in [-0.25, -0.2) is 4.18 Å². The molecule has 0 aromatic carbocycles. The van der Waals surface area contributed by atoms with Crippen molar-refractivity contribution in [1.82, 2.24) is 0 Å². The Balaban J connectivity index is 1.34. The lowest BCUT2D eigenvalue weighted by Gasteiger charge is -2.66. The van der Waals surface area contributed by atoms with Gasteiger partial charge in [0, 0.05) is 12.3 Å². The van der Waals surface area contributed by atoms with E-state index < -0.39 is 87.7 Å². The standard InChI is InChI=1S/C34H60O13S/c1-6-19(18(3)15-45-31-28(40)26(38)23(37)16-46-31)8-7-17(2)25-27(39)29(47-48(42,43)44)30-33(25,5)12-10-24-32(4)11-9-20(35)13-21(32)22(36)14-34(24,30)41/h17-31,35-41H,6-16H2,1-5H3,(H,42,43,44)/t17-,18?,19?,20+,21?,22-,23+,24?,25+,26-,27-,28+,29+,30?,31+,32+,33-,34+/m1/s1. The Morgan fingerprint density at radius 2 is 1.58 bits per heavy atom. The molecule has 4 aliphatic carbocycles. The summed E-state index contributed by atoms with van der Waals surface area (Å²) < 4.78 is 50.7. The second-order valence-electron chi connectivity index (χ2n) is 16.7. The van der Waals surface area contributed by atoms with Gasteiger partial charge in [-0.3, -0.25) is 4.55 Å². The monoisotopic (exact) mass is 708 g/mol. The van der Waals surface area contributed by atoms with E-state index in [9.17, 15) is 48.7 Å². The number of aliphatic hydroxyl groups is 7. The number of fused-ring (bicyclic) bond motifs is 5. The maximum absolute atomic E-state index is 12.7. The van der Waals surface area contributed by atoms with Gasteiger partial charge in [-0.2, -0.15) is 8.42 Å². The molecule has 0 radical (unpaired) electrons. The lowest BCUT2D eigenvalue weighted by molar-refractivity contribution is -0.273. The minimum Gasteiger partial charge on any atom is -0.393 e. The molecule has 1 heterocycles. The van der Waals surface area contributed by atoms with E-state index in [1.54, 1.807) is 0 Å². The van der Waals surface area contributed by atoms with Crippen molar-refractivity contribution in [2.24, 2.45) is 52.3 Å². The van der Waals surface area contributed by atoms with Crippen molar-refractivity contribution >= 4 is 10.4 Å². The Morgan fingerprint density at radius 3 is 2.23 bits per heavy atom. The maximum atomic E-state index is 12.7. The van der Waals surface area contributed by atoms with Gasteiger partial charge in [-0.05, 0) is 84.9 Å². The molecular formula is C34H60O13S. The molecule has 8 N–H and O–H groups in total. The van der Waals surface area contributed by atoms with Crippen LogP contribution in [-0.4, -0.2) is 117 Å². The minimum atomic E-state index is -5.00. The van der Waals surface area contributed by atoms with Crippen molar-refractivity contribution in [2.45, 2.75) is 147 Å². The molecule has 0 spiro atoms. The van der Waals surface area contributed by atoms with Gasteiger partial charge in [-0.1, -0.05) is 47.5 Å². The van der Waals surface area contributed by atoms with Gasteiger partial charge >= 0.3 is 10.4 Å². The SMILES string of the molecule is CCC(CC[C@@H](C)[C@H]1[C@@H](O)[C@H](OS(=O)(=O)O)C2[C@]3(O)C[C@@H](O)C4C[C@@H](O)CC[C@]4(C)C3CC[C@@]21C)C(C)CO[C@H]1OC[C@H](O)[C@@H](O)[C@@H]1O. The van der Waals surface area contributed by atoms with Crippen LogP contribution >= 0.6 is 0 Å². The van der Waals surface area contributed by atoms with Gasteiger partial charge in [0.25, 0.3) is 0 Å². The predicted octanol–water partition coefficient (Wildman–Crippen LogP) is 1.39. The number of rotatable bonds is 11. The highest BCUT2D eigenvalue weighted by Crippen LogP contribution is 2.70. The van der Waals surface area contributed by atoms with Crippen LogP contribution in [0.25, 0.3) is 0 Å². The van der Waals surface area contributed by atoms with Crippen LogP contribution in [0.5, 0.6) is 0 Å². The van der Waals surface area contributed by atoms with Crippen LogP contribution in [0.2, 0.25) is 0 Å². The van der Waals surface area contributed by atoms with E-state index in [0.717, 1.165) is 12.8 Å². The Labute approximate surface area is 284 Å². The Kier molecular flexibility index (Phi) is 11.4. The molecule has 0 amide bonds. The van der Waals surface area contributed by atoms with Crippen molar-refractivity contribution in [3.8, 4) is 0 Å². The van der Waals surface area contributed by atoms with Gasteiger partial charge in [0.2, 0.25) is 0 Å². The number of hydrogen-bond acceptors (Lipinski definition) is 12. The molecule has 0 aromatic rings. The minimum absolute atomic E-state index is 0.0329. The van der Waals surface area contributed by atoms with E-state index in [-0.39, 0.29) is 49.2 Å². The first-order valence-electron chi connectivity index (χ1n) is 18.0. The van der Waals surface area contributed by atoms with E-state index in [1.807, 2.05) is 20.8 Å². The zero-order chi connectivity index (χ0) is 35.6. The molecule has 1 saturated heterocycles. The molecule has 0 aromatic heterocycles. The highest BCUT2D eigenvalue weighted by molar-refractivity contribution is 7.80. The van der Waals surface area contributed by atoms with Crippen LogP contribution < -0.4 is 0 Å². The summed E-state index contributed by atoms with van der Waals surface area (Å²) in [5.41, 5.74) is -2.85. The average molecular weight is 709 g/mol. The van der Waals surface area contributed by atoms with E-state index in [1.165, 1.54) is 0 Å². The van der Waals surface area contributed by atoms with Crippen LogP contribution in [0.4, 0.5) is 0 Å². The smallest absolute Gasteiger partial charge is 0.393 e. The number of aliphatic hydroxyl groups excluding tert-OH is 6. The molecule has 5 aliphatic rings. The fraction of sp³-hybridized carbons (Fsp3) is 1.00. The second-order valence-corrected chi connectivity index (χ2v) is 17.7. The summed E-state index contributed by atoms with van der Waals surface area (Å²) in [6.07, 6.45) is -4.14. The van der Waals surface area contributed by atoms with Gasteiger partial charge in [0.1, 0.15) is 24.4 Å². The zero-order valence-corrected chi connectivity index (χ0v) is 29.8. The first kappa shape index (κ1) is 38.7. The first-order chi connectivity index (χ1) is 22.3. The molecular weight excluding hydrogens is 648 g/mol. The van der Waals surface area contributed by atoms with Crippen molar-refractivity contribution in [2.75, 3.05) is 13.2 Å². The summed E-state index contributed by atoms with van der Waals surface area (Å²) in [6, 6.07) is 0. The summed E-state index contributed by atoms with van der Waals surface area (Å²) in [7, 11) is -5.00. The number of hydrogen-bond donors (Lipinski definition) is 8. The van der Waals surface area contributed by atoms with E-state index in [2.05, 4.69) is 13.8 Å². The first-order valence-corrected chi connectivity index (χ1v) is 19.3. The topological polar surface area (TPSA) is 224 Å². The summed E-state index contributed by atoms with van der Waals surface area (Å²) in [6.45, 7) is 10.3. The molecule has 0 bridgehead atoms. The number of ether oxygens (including phenoxy) is 2. The van der Waals surface area contributed by atoms with Crippen LogP contribution in [-0.2, 0) is 24.1 Å². The fourth-order valence-corrected chi connectivity index (χ4v) is 12.1. The van der Waals surface area contributed by atoms with Gasteiger partial charge < -0.3 is 45.2 Å². The Bertz CT molecular complexity index is 1220. The predicted molar refractivity (Wildman–Crippen MR) is 172 cm³/mol. The molecule has 18 atom stereocenters. The van der Waals surface area contributed by atoms with Crippen LogP contribution in [0.1, 0.15) is 92.4 Å². The highest BCUT2D eigenvalue weighted by atomic mass is 32.3. The summed E-state index contributed by atoms with van der Waals surface area (Å²) in [5, 5.41) is 76.5. The molecule has 1 aliphatic heterocycles. The molecule has 5 fully saturated rings. The summed E-state index contributed by atoms with van der Waals surface area (Å²) in [5.74, 6) is -1.81. The molecule has 5 rings (SSSR count). The third-order valence-corrected chi connectivity index (χ3v) is 14.4. The van der Waals surface area contributed by atoms with E-state index >= 15 is 0 Å². The molecule has 13 nitrogen and oxygen atoms in total. The fourth-order valence-electron chi connectivity index (χ4n) is 11.6. The van der Waals surface area contributed by atoms with Gasteiger partial charge in [0.15, 0.2) is 6.29 Å². The molecule has 5 unspecified atom stereocenters. The van der Waals surface area contributed by atoms with Crippen molar-refractivity contribution in [3.05, 3.63) is 0 Å². The van der Waals surface area contributed by atoms with Crippen molar-refractivity contribution in [3.63, 3.8) is 0 Å². The van der Waals surface area contributed by atoms with Crippen LogP contribution in [0.3, 0.4) is 0 Å². The molecule has 48 heavy (non-hydrogen) atoms. The second kappa shape index (κ2) is 14.1. The molecule has 4 saturated carbocycles. The van der Waals surface area contributed by atoms with Crippen LogP contribution in [0, 0.1) is 52.3 Å². The average Bonchev–Trinajstić information content (AvgIpc) is 3.21. The highest BCUT2D eigenvalue weighted by Gasteiger charge is 2.73.